The van der Waals surface area contributed by atoms with Gasteiger partial charge >= 0.3 is 0 Å². The van der Waals surface area contributed by atoms with Crippen LogP contribution in [0.5, 0.6) is 0 Å². The second-order valence-corrected chi connectivity index (χ2v) is 1.86. The van der Waals surface area contributed by atoms with Crippen LogP contribution < -0.4 is 0 Å². The first-order valence-electron chi connectivity index (χ1n) is 3.13. The molecule has 0 amide bonds. The highest BCUT2D eigenvalue weighted by atomic mass is 16.3. The minimum absolute atomic E-state index is 0. The molecular formula is C6H18O4. The fraction of sp³-hybridized carbons (Fsp3) is 1.00. The van der Waals surface area contributed by atoms with Crippen LogP contribution in [0.4, 0.5) is 0 Å². The van der Waals surface area contributed by atoms with Crippen LogP contribution in [0.25, 0.3) is 0 Å². The average molecular weight is 154 g/mol. The Hall–Kier alpha value is -0.160. The molecule has 0 fully saturated rings. The molecule has 0 bridgehead atoms. The molecule has 66 valence electrons. The van der Waals surface area contributed by atoms with Crippen molar-refractivity contribution in [2.45, 2.75) is 25.7 Å². The summed E-state index contributed by atoms with van der Waals surface area (Å²) in [4.78, 5) is 0. The summed E-state index contributed by atoms with van der Waals surface area (Å²) >= 11 is 0. The van der Waals surface area contributed by atoms with Crippen molar-refractivity contribution < 1.29 is 21.2 Å². The highest BCUT2D eigenvalue weighted by molar-refractivity contribution is 4.39. The van der Waals surface area contributed by atoms with Gasteiger partial charge in [0.1, 0.15) is 0 Å². The maximum Gasteiger partial charge on any atom is 0.0431 e. The first kappa shape index (κ1) is 16.4. The van der Waals surface area contributed by atoms with Gasteiger partial charge in [0.15, 0.2) is 0 Å². The Labute approximate surface area is 61.1 Å². The van der Waals surface area contributed by atoms with Gasteiger partial charge < -0.3 is 21.2 Å². The molecule has 0 rings (SSSR count). The molecule has 4 heteroatoms. The van der Waals surface area contributed by atoms with Crippen LogP contribution in [0.3, 0.4) is 0 Å². The van der Waals surface area contributed by atoms with Gasteiger partial charge in [-0.15, -0.1) is 0 Å². The molecule has 0 heterocycles. The zero-order valence-corrected chi connectivity index (χ0v) is 6.14. The summed E-state index contributed by atoms with van der Waals surface area (Å²) in [5, 5.41) is 16.6. The summed E-state index contributed by atoms with van der Waals surface area (Å²) in [6.07, 6.45) is 3.83. The summed E-state index contributed by atoms with van der Waals surface area (Å²) in [6, 6.07) is 0. The minimum Gasteiger partial charge on any atom is -0.412 e. The van der Waals surface area contributed by atoms with Gasteiger partial charge in [-0.2, -0.15) is 0 Å². The minimum atomic E-state index is 0. The molecule has 0 spiro atoms. The third-order valence-electron chi connectivity index (χ3n) is 1.07. The maximum absolute atomic E-state index is 8.30. The van der Waals surface area contributed by atoms with Gasteiger partial charge in [-0.25, -0.2) is 0 Å². The SMILES string of the molecule is O.O.OCCCCCCO. The van der Waals surface area contributed by atoms with Crippen LogP contribution in [0.1, 0.15) is 25.7 Å². The Morgan fingerprint density at radius 1 is 0.600 bits per heavy atom. The number of aliphatic hydroxyl groups is 2. The van der Waals surface area contributed by atoms with Gasteiger partial charge in [-0.1, -0.05) is 12.8 Å². The molecule has 0 unspecified atom stereocenters. The normalized spacial score (nSPS) is 7.80. The van der Waals surface area contributed by atoms with E-state index in [1.807, 2.05) is 0 Å². The molecule has 4 nitrogen and oxygen atoms in total. The number of aliphatic hydroxyl groups excluding tert-OH is 2. The monoisotopic (exact) mass is 154 g/mol. The van der Waals surface area contributed by atoms with Crippen molar-refractivity contribution in [1.82, 2.24) is 0 Å². The molecule has 0 aliphatic rings. The molecule has 10 heavy (non-hydrogen) atoms. The van der Waals surface area contributed by atoms with Crippen molar-refractivity contribution >= 4 is 0 Å². The van der Waals surface area contributed by atoms with Crippen molar-refractivity contribution in [3.8, 4) is 0 Å². The standard InChI is InChI=1S/C6H14O2.2H2O/c7-5-3-1-2-4-6-8;;/h7-8H,1-6H2;2*1H2. The second kappa shape index (κ2) is 15.9. The van der Waals surface area contributed by atoms with Crippen LogP contribution in [0.15, 0.2) is 0 Å². The van der Waals surface area contributed by atoms with E-state index in [1.54, 1.807) is 0 Å². The molecule has 0 aromatic rings. The summed E-state index contributed by atoms with van der Waals surface area (Å²) in [5.74, 6) is 0. The Morgan fingerprint density at radius 3 is 1.10 bits per heavy atom. The van der Waals surface area contributed by atoms with E-state index in [2.05, 4.69) is 0 Å². The summed E-state index contributed by atoms with van der Waals surface area (Å²) in [6.45, 7) is 0.566. The Kier molecular flexibility index (Phi) is 26.2. The number of hydrogen-bond donors (Lipinski definition) is 2. The first-order valence-corrected chi connectivity index (χ1v) is 3.13. The summed E-state index contributed by atoms with van der Waals surface area (Å²) in [7, 11) is 0. The molecule has 0 saturated carbocycles. The van der Waals surface area contributed by atoms with Gasteiger partial charge in [0.25, 0.3) is 0 Å². The highest BCUT2D eigenvalue weighted by Gasteiger charge is 1.84. The van der Waals surface area contributed by atoms with Crippen LogP contribution >= 0.6 is 0 Å². The van der Waals surface area contributed by atoms with Crippen molar-refractivity contribution in [2.24, 2.45) is 0 Å². The number of unbranched alkanes of at least 4 members (excludes halogenated alkanes) is 3. The molecule has 0 aromatic heterocycles. The van der Waals surface area contributed by atoms with E-state index in [-0.39, 0.29) is 24.2 Å². The van der Waals surface area contributed by atoms with E-state index in [4.69, 9.17) is 10.2 Å². The summed E-state index contributed by atoms with van der Waals surface area (Å²) in [5.41, 5.74) is 0. The third kappa shape index (κ3) is 15.7. The van der Waals surface area contributed by atoms with Crippen molar-refractivity contribution in [1.29, 1.82) is 0 Å². The molecule has 0 atom stereocenters. The number of rotatable bonds is 5. The quantitative estimate of drug-likeness (QED) is 0.490. The van der Waals surface area contributed by atoms with Crippen molar-refractivity contribution in [3.63, 3.8) is 0 Å². The van der Waals surface area contributed by atoms with Gasteiger partial charge in [-0.3, -0.25) is 0 Å². The highest BCUT2D eigenvalue weighted by Crippen LogP contribution is 1.96. The van der Waals surface area contributed by atoms with Crippen LogP contribution in [0, 0.1) is 0 Å². The van der Waals surface area contributed by atoms with Crippen LogP contribution in [-0.2, 0) is 0 Å². The zero-order chi connectivity index (χ0) is 6.24. The maximum atomic E-state index is 8.30. The van der Waals surface area contributed by atoms with Gasteiger partial charge in [0.2, 0.25) is 0 Å². The predicted molar refractivity (Wildman–Crippen MR) is 39.9 cm³/mol. The van der Waals surface area contributed by atoms with E-state index >= 15 is 0 Å². The predicted octanol–water partition coefficient (Wildman–Crippen LogP) is -1.12. The lowest BCUT2D eigenvalue weighted by Gasteiger charge is -1.93. The smallest absolute Gasteiger partial charge is 0.0431 e. The molecule has 0 aliphatic carbocycles. The van der Waals surface area contributed by atoms with Crippen LogP contribution in [0.2, 0.25) is 0 Å². The van der Waals surface area contributed by atoms with E-state index in [1.165, 1.54) is 0 Å². The fourth-order valence-corrected chi connectivity index (χ4v) is 0.577. The lowest BCUT2D eigenvalue weighted by molar-refractivity contribution is 0.265. The zero-order valence-electron chi connectivity index (χ0n) is 6.14. The van der Waals surface area contributed by atoms with E-state index in [0.717, 1.165) is 25.7 Å². The third-order valence-corrected chi connectivity index (χ3v) is 1.07. The molecule has 0 aromatic carbocycles. The number of hydrogen-bond acceptors (Lipinski definition) is 2. The Morgan fingerprint density at radius 2 is 0.900 bits per heavy atom. The first-order chi connectivity index (χ1) is 3.91. The lowest BCUT2D eigenvalue weighted by Crippen LogP contribution is -1.85. The van der Waals surface area contributed by atoms with E-state index in [0.29, 0.717) is 0 Å². The largest absolute Gasteiger partial charge is 0.412 e. The molecule has 6 N–H and O–H groups in total. The molecular weight excluding hydrogens is 136 g/mol. The second-order valence-electron chi connectivity index (χ2n) is 1.86. The van der Waals surface area contributed by atoms with E-state index < -0.39 is 0 Å². The molecule has 0 radical (unpaired) electrons. The average Bonchev–Trinajstić information content (AvgIpc) is 1.81. The fourth-order valence-electron chi connectivity index (χ4n) is 0.577. The topological polar surface area (TPSA) is 103 Å². The van der Waals surface area contributed by atoms with Crippen LogP contribution in [-0.4, -0.2) is 34.4 Å². The van der Waals surface area contributed by atoms with Gasteiger partial charge in [-0.05, 0) is 12.8 Å². The van der Waals surface area contributed by atoms with Gasteiger partial charge in [0, 0.05) is 13.2 Å². The molecule has 0 aliphatic heterocycles. The lowest BCUT2D eigenvalue weighted by atomic mass is 10.2. The van der Waals surface area contributed by atoms with E-state index in [9.17, 15) is 0 Å². The van der Waals surface area contributed by atoms with Crippen molar-refractivity contribution in [3.05, 3.63) is 0 Å². The summed E-state index contributed by atoms with van der Waals surface area (Å²) < 4.78 is 0. The van der Waals surface area contributed by atoms with Crippen molar-refractivity contribution in [2.75, 3.05) is 13.2 Å². The van der Waals surface area contributed by atoms with Gasteiger partial charge in [0.05, 0.1) is 0 Å². The Bertz CT molecular complexity index is 34.7. The Balaban J connectivity index is -0.000000245. The molecule has 0 saturated heterocycles.